The lowest BCUT2D eigenvalue weighted by Gasteiger charge is -2.10. The van der Waals surface area contributed by atoms with Gasteiger partial charge in [0, 0.05) is 31.7 Å². The van der Waals surface area contributed by atoms with Crippen molar-refractivity contribution in [1.82, 2.24) is 14.8 Å². The Labute approximate surface area is 134 Å². The van der Waals surface area contributed by atoms with Crippen molar-refractivity contribution in [2.24, 2.45) is 7.05 Å². The van der Waals surface area contributed by atoms with Crippen LogP contribution in [0.4, 0.5) is 5.82 Å². The number of hydrogen-bond donors (Lipinski definition) is 1. The Hall–Kier alpha value is -2.21. The maximum Gasteiger partial charge on any atom is 0.260 e. The number of hydrogen-bond acceptors (Lipinski definition) is 4. The molecule has 2 aromatic heterocycles. The Balaban J connectivity index is 1.53. The highest BCUT2D eigenvalue weighted by Crippen LogP contribution is 2.41. The Morgan fingerprint density at radius 1 is 1.35 bits per heavy atom. The van der Waals surface area contributed by atoms with Crippen molar-refractivity contribution in [3.8, 4) is 0 Å². The molecule has 3 heterocycles. The number of pyridine rings is 1. The number of nitrogens with zero attached hydrogens (tertiary/aromatic N) is 3. The van der Waals surface area contributed by atoms with Crippen molar-refractivity contribution in [2.75, 3.05) is 18.5 Å². The maximum atomic E-state index is 12.6. The topological polar surface area (TPSA) is 69.0 Å². The average Bonchev–Trinajstić information content (AvgIpc) is 3.09. The molecule has 23 heavy (non-hydrogen) atoms. The fourth-order valence-corrected chi connectivity index (χ4v) is 3.21. The van der Waals surface area contributed by atoms with Crippen LogP contribution in [0.25, 0.3) is 0 Å². The van der Waals surface area contributed by atoms with Gasteiger partial charge >= 0.3 is 0 Å². The highest BCUT2D eigenvalue weighted by molar-refractivity contribution is 6.04. The summed E-state index contributed by atoms with van der Waals surface area (Å²) < 4.78 is 7.25. The molecule has 4 rings (SSSR count). The van der Waals surface area contributed by atoms with Crippen molar-refractivity contribution in [3.63, 3.8) is 0 Å². The summed E-state index contributed by atoms with van der Waals surface area (Å²) in [6.45, 7) is 1.54. The quantitative estimate of drug-likeness (QED) is 0.941. The van der Waals surface area contributed by atoms with E-state index in [2.05, 4.69) is 15.4 Å². The number of ether oxygens (including phenoxy) is 1. The maximum absolute atomic E-state index is 12.6. The van der Waals surface area contributed by atoms with Crippen molar-refractivity contribution < 1.29 is 9.53 Å². The molecule has 1 saturated heterocycles. The fraction of sp³-hybridized carbons (Fsp3) is 0.471. The van der Waals surface area contributed by atoms with Gasteiger partial charge in [-0.15, -0.1) is 0 Å². The number of carbonyl (C=O) groups excluding carboxylic acids is 1. The largest absolute Gasteiger partial charge is 0.381 e. The van der Waals surface area contributed by atoms with E-state index in [0.717, 1.165) is 38.2 Å². The third-order valence-corrected chi connectivity index (χ3v) is 4.62. The molecule has 0 spiro atoms. The third kappa shape index (κ3) is 2.86. The van der Waals surface area contributed by atoms with Crippen molar-refractivity contribution in [3.05, 3.63) is 41.3 Å². The lowest BCUT2D eigenvalue weighted by Crippen LogP contribution is -2.15. The van der Waals surface area contributed by atoms with Crippen LogP contribution in [0, 0.1) is 0 Å². The van der Waals surface area contributed by atoms with Crippen LogP contribution in [0.15, 0.2) is 24.5 Å². The van der Waals surface area contributed by atoms with Crippen LogP contribution in [0.3, 0.4) is 0 Å². The van der Waals surface area contributed by atoms with Crippen LogP contribution in [0.5, 0.6) is 0 Å². The molecule has 1 saturated carbocycles. The molecule has 6 heteroatoms. The summed E-state index contributed by atoms with van der Waals surface area (Å²) in [4.78, 5) is 16.9. The summed E-state index contributed by atoms with van der Waals surface area (Å²) in [6.07, 6.45) is 6.68. The van der Waals surface area contributed by atoms with E-state index >= 15 is 0 Å². The average molecular weight is 312 g/mol. The van der Waals surface area contributed by atoms with Crippen LogP contribution >= 0.6 is 0 Å². The van der Waals surface area contributed by atoms with Crippen LogP contribution in [0.2, 0.25) is 0 Å². The molecule has 0 bridgehead atoms. The molecule has 120 valence electrons. The normalized spacial score (nSPS) is 20.7. The summed E-state index contributed by atoms with van der Waals surface area (Å²) in [5.41, 5.74) is 2.86. The predicted molar refractivity (Wildman–Crippen MR) is 85.6 cm³/mol. The van der Waals surface area contributed by atoms with E-state index in [4.69, 9.17) is 4.74 Å². The van der Waals surface area contributed by atoms with Gasteiger partial charge in [-0.05, 0) is 37.0 Å². The lowest BCUT2D eigenvalue weighted by molar-refractivity contribution is 0.102. The minimum absolute atomic E-state index is 0.132. The molecular weight excluding hydrogens is 292 g/mol. The van der Waals surface area contributed by atoms with E-state index in [1.807, 2.05) is 23.9 Å². The van der Waals surface area contributed by atoms with Gasteiger partial charge in [-0.1, -0.05) is 0 Å². The molecule has 2 aliphatic rings. The second kappa shape index (κ2) is 5.77. The highest BCUT2D eigenvalue weighted by Gasteiger charge is 2.31. The molecule has 2 aromatic rings. The molecule has 1 aliphatic heterocycles. The Bertz CT molecular complexity index is 730. The van der Waals surface area contributed by atoms with Gasteiger partial charge in [-0.3, -0.25) is 9.48 Å². The smallest absolute Gasteiger partial charge is 0.260 e. The number of aryl methyl sites for hydroxylation is 1. The van der Waals surface area contributed by atoms with Crippen LogP contribution in [-0.4, -0.2) is 33.9 Å². The van der Waals surface area contributed by atoms with Crippen molar-refractivity contribution >= 4 is 11.7 Å². The van der Waals surface area contributed by atoms with Gasteiger partial charge in [0.25, 0.3) is 5.91 Å². The van der Waals surface area contributed by atoms with Gasteiger partial charge in [0.1, 0.15) is 5.82 Å². The van der Waals surface area contributed by atoms with Gasteiger partial charge in [0.2, 0.25) is 0 Å². The lowest BCUT2D eigenvalue weighted by atomic mass is 10.00. The Morgan fingerprint density at radius 2 is 2.22 bits per heavy atom. The molecule has 1 atom stereocenters. The Morgan fingerprint density at radius 3 is 2.96 bits per heavy atom. The summed E-state index contributed by atoms with van der Waals surface area (Å²) in [6, 6.07) is 3.94. The standard InChI is InChI=1S/C17H20N4O2/c1-21-16(11-2-3-11)14(9-19-21)17(22)20-15-8-12(4-6-18-15)13-5-7-23-10-13/h4,6,8-9,11,13H,2-3,5,7,10H2,1H3,(H,18,20,22). The van der Waals surface area contributed by atoms with E-state index in [1.54, 1.807) is 12.4 Å². The first-order valence-corrected chi connectivity index (χ1v) is 8.09. The number of aromatic nitrogens is 3. The van der Waals surface area contributed by atoms with Crippen molar-refractivity contribution in [2.45, 2.75) is 31.1 Å². The van der Waals surface area contributed by atoms with Crippen LogP contribution < -0.4 is 5.32 Å². The third-order valence-electron chi connectivity index (χ3n) is 4.62. The minimum Gasteiger partial charge on any atom is -0.381 e. The van der Waals surface area contributed by atoms with E-state index in [1.165, 1.54) is 5.56 Å². The molecular formula is C17H20N4O2. The van der Waals surface area contributed by atoms with Crippen LogP contribution in [0.1, 0.15) is 52.7 Å². The first-order chi connectivity index (χ1) is 11.2. The van der Waals surface area contributed by atoms with E-state index in [9.17, 15) is 4.79 Å². The van der Waals surface area contributed by atoms with Crippen molar-refractivity contribution in [1.29, 1.82) is 0 Å². The number of nitrogens with one attached hydrogen (secondary N) is 1. The van der Waals surface area contributed by atoms with Gasteiger partial charge < -0.3 is 10.1 Å². The number of carbonyl (C=O) groups is 1. The SMILES string of the molecule is Cn1ncc(C(=O)Nc2cc(C3CCOC3)ccn2)c1C1CC1. The second-order valence-electron chi connectivity index (χ2n) is 6.33. The van der Waals surface area contributed by atoms with Gasteiger partial charge in [0.05, 0.1) is 24.1 Å². The molecule has 0 radical (unpaired) electrons. The zero-order chi connectivity index (χ0) is 15.8. The van der Waals surface area contributed by atoms with Crippen LogP contribution in [-0.2, 0) is 11.8 Å². The number of amides is 1. The summed E-state index contributed by atoms with van der Waals surface area (Å²) >= 11 is 0. The number of rotatable bonds is 4. The molecule has 1 amide bonds. The van der Waals surface area contributed by atoms with Gasteiger partial charge in [-0.2, -0.15) is 5.10 Å². The monoisotopic (exact) mass is 312 g/mol. The molecule has 1 N–H and O–H groups in total. The second-order valence-corrected chi connectivity index (χ2v) is 6.33. The summed E-state index contributed by atoms with van der Waals surface area (Å²) in [5, 5.41) is 7.15. The predicted octanol–water partition coefficient (Wildman–Crippen LogP) is 2.45. The zero-order valence-corrected chi connectivity index (χ0v) is 13.2. The molecule has 1 unspecified atom stereocenters. The first-order valence-electron chi connectivity index (χ1n) is 8.09. The molecule has 2 fully saturated rings. The minimum atomic E-state index is -0.132. The first kappa shape index (κ1) is 14.4. The highest BCUT2D eigenvalue weighted by atomic mass is 16.5. The molecule has 0 aromatic carbocycles. The number of anilines is 1. The molecule has 6 nitrogen and oxygen atoms in total. The summed E-state index contributed by atoms with van der Waals surface area (Å²) in [5.74, 6) is 1.32. The Kier molecular flexibility index (Phi) is 3.61. The van der Waals surface area contributed by atoms with E-state index in [0.29, 0.717) is 23.2 Å². The van der Waals surface area contributed by atoms with Gasteiger partial charge in [-0.25, -0.2) is 4.98 Å². The fourth-order valence-electron chi connectivity index (χ4n) is 3.21. The summed E-state index contributed by atoms with van der Waals surface area (Å²) in [7, 11) is 1.89. The van der Waals surface area contributed by atoms with E-state index in [-0.39, 0.29) is 5.91 Å². The van der Waals surface area contributed by atoms with E-state index < -0.39 is 0 Å². The molecule has 1 aliphatic carbocycles. The van der Waals surface area contributed by atoms with Gasteiger partial charge in [0.15, 0.2) is 0 Å². The zero-order valence-electron chi connectivity index (χ0n) is 13.2.